The fraction of sp³-hybridized carbons (Fsp3) is 0.423. The molecular formula is C26H28N2O4S. The third kappa shape index (κ3) is 3.99. The van der Waals surface area contributed by atoms with E-state index in [-0.39, 0.29) is 17.0 Å². The van der Waals surface area contributed by atoms with Gasteiger partial charge in [0, 0.05) is 42.0 Å². The van der Waals surface area contributed by atoms with Gasteiger partial charge in [0.2, 0.25) is 0 Å². The van der Waals surface area contributed by atoms with Gasteiger partial charge in [-0.2, -0.15) is 0 Å². The number of aromatic nitrogens is 2. The number of carbonyl (C=O) groups is 1. The van der Waals surface area contributed by atoms with Crippen molar-refractivity contribution >= 4 is 17.3 Å². The number of carboxylic acid groups (broad SMARTS) is 1. The maximum absolute atomic E-state index is 12.6. The Kier molecular flexibility index (Phi) is 5.20. The number of aromatic carboxylic acids is 1. The minimum atomic E-state index is -1.20. The van der Waals surface area contributed by atoms with Gasteiger partial charge in [-0.05, 0) is 48.3 Å². The van der Waals surface area contributed by atoms with Crippen LogP contribution in [0, 0.1) is 11.3 Å². The highest BCUT2D eigenvalue weighted by Gasteiger charge is 2.34. The van der Waals surface area contributed by atoms with Gasteiger partial charge in [0.1, 0.15) is 11.3 Å². The smallest absolute Gasteiger partial charge is 0.341 e. The van der Waals surface area contributed by atoms with Crippen molar-refractivity contribution in [2.45, 2.75) is 52.5 Å². The Labute approximate surface area is 196 Å². The predicted molar refractivity (Wildman–Crippen MR) is 129 cm³/mol. The number of pyridine rings is 1. The van der Waals surface area contributed by atoms with Crippen molar-refractivity contribution in [3.05, 3.63) is 57.0 Å². The topological polar surface area (TPSA) is 81.4 Å². The Morgan fingerprint density at radius 1 is 1.24 bits per heavy atom. The molecule has 1 unspecified atom stereocenters. The van der Waals surface area contributed by atoms with Crippen molar-refractivity contribution in [1.29, 1.82) is 0 Å². The summed E-state index contributed by atoms with van der Waals surface area (Å²) in [6.07, 6.45) is 7.83. The van der Waals surface area contributed by atoms with Gasteiger partial charge in [0.15, 0.2) is 5.43 Å². The molecule has 3 heterocycles. The zero-order chi connectivity index (χ0) is 23.5. The fourth-order valence-corrected chi connectivity index (χ4v) is 5.76. The van der Waals surface area contributed by atoms with Crippen LogP contribution >= 0.6 is 11.3 Å². The SMILES string of the molecule is COc1cc2c(cc1-c1cnc(CC3CC3)s1)CC(C(C)(C)C)n1cc(C(=O)O)c(=O)cc1-2. The van der Waals surface area contributed by atoms with Gasteiger partial charge < -0.3 is 14.4 Å². The average Bonchev–Trinajstić information content (AvgIpc) is 3.45. The minimum absolute atomic E-state index is 0.00633. The zero-order valence-corrected chi connectivity index (χ0v) is 20.2. The summed E-state index contributed by atoms with van der Waals surface area (Å²) in [5.41, 5.74) is 2.96. The third-order valence-corrected chi connectivity index (χ3v) is 7.79. The molecule has 3 aromatic rings. The van der Waals surface area contributed by atoms with E-state index in [9.17, 15) is 14.7 Å². The van der Waals surface area contributed by atoms with Gasteiger partial charge in [-0.1, -0.05) is 20.8 Å². The van der Waals surface area contributed by atoms with E-state index in [2.05, 4.69) is 31.8 Å². The lowest BCUT2D eigenvalue weighted by Crippen LogP contribution is -2.32. The molecule has 1 atom stereocenters. The van der Waals surface area contributed by atoms with Crippen LogP contribution < -0.4 is 10.2 Å². The predicted octanol–water partition coefficient (Wildman–Crippen LogP) is 5.44. The highest BCUT2D eigenvalue weighted by atomic mass is 32.1. The molecule has 0 radical (unpaired) electrons. The Morgan fingerprint density at radius 2 is 2.00 bits per heavy atom. The van der Waals surface area contributed by atoms with Crippen LogP contribution in [-0.4, -0.2) is 27.7 Å². The maximum atomic E-state index is 12.6. The summed E-state index contributed by atoms with van der Waals surface area (Å²) in [5.74, 6) is 0.312. The molecule has 1 aliphatic heterocycles. The van der Waals surface area contributed by atoms with Gasteiger partial charge in [-0.25, -0.2) is 9.78 Å². The lowest BCUT2D eigenvalue weighted by Gasteiger charge is -2.39. The number of benzene rings is 1. The van der Waals surface area contributed by atoms with E-state index in [0.29, 0.717) is 0 Å². The summed E-state index contributed by atoms with van der Waals surface area (Å²) < 4.78 is 7.73. The second kappa shape index (κ2) is 7.83. The first kappa shape index (κ1) is 21.9. The molecule has 6 nitrogen and oxygen atoms in total. The second-order valence-corrected chi connectivity index (χ2v) is 11.3. The van der Waals surface area contributed by atoms with Gasteiger partial charge in [0.05, 0.1) is 22.7 Å². The molecule has 1 saturated carbocycles. The molecule has 172 valence electrons. The van der Waals surface area contributed by atoms with Crippen LogP contribution in [0.2, 0.25) is 0 Å². The van der Waals surface area contributed by atoms with E-state index < -0.39 is 11.4 Å². The fourth-order valence-electron chi connectivity index (χ4n) is 4.71. The third-order valence-electron chi connectivity index (χ3n) is 6.74. The van der Waals surface area contributed by atoms with Gasteiger partial charge in [-0.15, -0.1) is 11.3 Å². The van der Waals surface area contributed by atoms with Crippen LogP contribution in [0.25, 0.3) is 21.7 Å². The first-order valence-corrected chi connectivity index (χ1v) is 12.1. The summed E-state index contributed by atoms with van der Waals surface area (Å²) >= 11 is 1.72. The quantitative estimate of drug-likeness (QED) is 0.544. The van der Waals surface area contributed by atoms with Crippen LogP contribution in [0.15, 0.2) is 35.4 Å². The number of hydrogen-bond acceptors (Lipinski definition) is 5. The Bertz CT molecular complexity index is 1310. The summed E-state index contributed by atoms with van der Waals surface area (Å²) in [6, 6.07) is 5.61. The number of carboxylic acids is 1. The largest absolute Gasteiger partial charge is 0.496 e. The van der Waals surface area contributed by atoms with Crippen molar-refractivity contribution in [2.24, 2.45) is 11.3 Å². The van der Waals surface area contributed by atoms with Gasteiger partial charge >= 0.3 is 5.97 Å². The van der Waals surface area contributed by atoms with Gasteiger partial charge in [-0.3, -0.25) is 4.79 Å². The molecule has 1 N–H and O–H groups in total. The number of rotatable bonds is 5. The minimum Gasteiger partial charge on any atom is -0.496 e. The Balaban J connectivity index is 1.67. The maximum Gasteiger partial charge on any atom is 0.341 e. The molecular weight excluding hydrogens is 436 g/mol. The lowest BCUT2D eigenvalue weighted by atomic mass is 9.78. The second-order valence-electron chi connectivity index (χ2n) is 10.2. The Hall–Kier alpha value is -2.93. The number of hydrogen-bond donors (Lipinski definition) is 1. The standard InChI is InChI=1S/C26H28N2O4S/c1-26(2,3)23-9-15-8-17(22-12-27-24(33-22)7-14-5-6-14)21(32-4)10-16(15)19-11-20(29)18(25(30)31)13-28(19)23/h8,10-14,23H,5-7,9H2,1-4H3,(H,30,31). The summed E-state index contributed by atoms with van der Waals surface area (Å²) in [7, 11) is 1.65. The highest BCUT2D eigenvalue weighted by Crippen LogP contribution is 2.46. The molecule has 0 amide bonds. The molecule has 33 heavy (non-hydrogen) atoms. The van der Waals surface area contributed by atoms with E-state index in [0.717, 1.165) is 56.8 Å². The van der Waals surface area contributed by atoms with Crippen molar-refractivity contribution in [2.75, 3.05) is 7.11 Å². The first-order valence-electron chi connectivity index (χ1n) is 11.3. The molecule has 0 spiro atoms. The van der Waals surface area contributed by atoms with Crippen LogP contribution in [-0.2, 0) is 12.8 Å². The zero-order valence-electron chi connectivity index (χ0n) is 19.3. The van der Waals surface area contributed by atoms with Crippen molar-refractivity contribution in [3.63, 3.8) is 0 Å². The van der Waals surface area contributed by atoms with E-state index >= 15 is 0 Å². The highest BCUT2D eigenvalue weighted by molar-refractivity contribution is 7.15. The molecule has 0 saturated heterocycles. The molecule has 7 heteroatoms. The number of ether oxygens (including phenoxy) is 1. The van der Waals surface area contributed by atoms with E-state index in [1.54, 1.807) is 18.4 Å². The summed E-state index contributed by atoms with van der Waals surface area (Å²) in [4.78, 5) is 30.0. The van der Waals surface area contributed by atoms with Crippen LogP contribution in [0.5, 0.6) is 5.75 Å². The summed E-state index contributed by atoms with van der Waals surface area (Å²) in [6.45, 7) is 6.42. The number of nitrogens with zero attached hydrogens (tertiary/aromatic N) is 2. The monoisotopic (exact) mass is 464 g/mol. The normalized spacial score (nSPS) is 17.4. The molecule has 1 aromatic carbocycles. The number of methoxy groups -OCH3 is 1. The Morgan fingerprint density at radius 3 is 2.64 bits per heavy atom. The molecule has 1 fully saturated rings. The summed E-state index contributed by atoms with van der Waals surface area (Å²) in [5, 5.41) is 10.7. The molecule has 2 aromatic heterocycles. The average molecular weight is 465 g/mol. The molecule has 2 aliphatic rings. The van der Waals surface area contributed by atoms with Crippen molar-refractivity contribution in [1.82, 2.24) is 9.55 Å². The van der Waals surface area contributed by atoms with E-state index in [1.807, 2.05) is 16.8 Å². The van der Waals surface area contributed by atoms with Crippen LogP contribution in [0.1, 0.15) is 60.6 Å². The number of thiazole rings is 1. The van der Waals surface area contributed by atoms with E-state index in [4.69, 9.17) is 4.74 Å². The molecule has 0 bridgehead atoms. The van der Waals surface area contributed by atoms with Crippen molar-refractivity contribution < 1.29 is 14.6 Å². The van der Waals surface area contributed by atoms with Gasteiger partial charge in [0.25, 0.3) is 0 Å². The molecule has 5 rings (SSSR count). The van der Waals surface area contributed by atoms with E-state index in [1.165, 1.54) is 25.1 Å². The van der Waals surface area contributed by atoms with Crippen LogP contribution in [0.4, 0.5) is 0 Å². The number of fused-ring (bicyclic) bond motifs is 3. The lowest BCUT2D eigenvalue weighted by molar-refractivity contribution is 0.0693. The van der Waals surface area contributed by atoms with Crippen LogP contribution in [0.3, 0.4) is 0 Å². The molecule has 1 aliphatic carbocycles. The first-order chi connectivity index (χ1) is 15.7. The van der Waals surface area contributed by atoms with Crippen molar-refractivity contribution in [3.8, 4) is 27.4 Å².